The number of halogens is 3. The van der Waals surface area contributed by atoms with Crippen LogP contribution in [0.15, 0.2) is 36.7 Å². The second-order valence-electron chi connectivity index (χ2n) is 5.84. The van der Waals surface area contributed by atoms with Crippen molar-refractivity contribution in [2.75, 3.05) is 23.3 Å². The summed E-state index contributed by atoms with van der Waals surface area (Å²) in [5, 5.41) is 2.51. The average molecular weight is 350 g/mol. The second kappa shape index (κ2) is 7.08. The van der Waals surface area contributed by atoms with Crippen LogP contribution in [-0.4, -0.2) is 29.0 Å². The summed E-state index contributed by atoms with van der Waals surface area (Å²) in [6, 6.07) is 4.24. The molecule has 1 aliphatic rings. The molecule has 0 saturated carbocycles. The Balaban J connectivity index is 1.64. The van der Waals surface area contributed by atoms with Crippen LogP contribution in [0.2, 0.25) is 0 Å². The van der Waals surface area contributed by atoms with E-state index in [4.69, 9.17) is 0 Å². The van der Waals surface area contributed by atoms with Gasteiger partial charge in [-0.25, -0.2) is 9.97 Å². The quantitative estimate of drug-likeness (QED) is 0.916. The van der Waals surface area contributed by atoms with Gasteiger partial charge in [-0.15, -0.1) is 0 Å². The molecule has 2 aromatic rings. The predicted octanol–water partition coefficient (Wildman–Crippen LogP) is 3.74. The fourth-order valence-corrected chi connectivity index (χ4v) is 2.66. The first kappa shape index (κ1) is 17.2. The van der Waals surface area contributed by atoms with Crippen LogP contribution in [0.25, 0.3) is 0 Å². The van der Waals surface area contributed by atoms with E-state index in [1.54, 1.807) is 6.20 Å². The van der Waals surface area contributed by atoms with Crippen LogP contribution < -0.4 is 10.2 Å². The number of amides is 1. The van der Waals surface area contributed by atoms with Gasteiger partial charge in [0.05, 0.1) is 18.0 Å². The Kier molecular flexibility index (Phi) is 4.87. The highest BCUT2D eigenvalue weighted by Crippen LogP contribution is 2.29. The van der Waals surface area contributed by atoms with Crippen LogP contribution >= 0.6 is 0 Å². The Hall–Kier alpha value is -2.64. The maximum absolute atomic E-state index is 12.5. The number of aromatic nitrogens is 2. The molecule has 2 heterocycles. The summed E-state index contributed by atoms with van der Waals surface area (Å²) in [4.78, 5) is 22.6. The van der Waals surface area contributed by atoms with Gasteiger partial charge in [-0.3, -0.25) is 4.79 Å². The second-order valence-corrected chi connectivity index (χ2v) is 5.84. The van der Waals surface area contributed by atoms with E-state index in [-0.39, 0.29) is 11.4 Å². The minimum absolute atomic E-state index is 0.112. The third kappa shape index (κ3) is 4.26. The maximum Gasteiger partial charge on any atom is 0.416 e. The Morgan fingerprint density at radius 2 is 1.68 bits per heavy atom. The Bertz CT molecular complexity index is 723. The van der Waals surface area contributed by atoms with Gasteiger partial charge >= 0.3 is 6.18 Å². The molecule has 1 N–H and O–H groups in total. The van der Waals surface area contributed by atoms with E-state index in [1.807, 2.05) is 0 Å². The predicted molar refractivity (Wildman–Crippen MR) is 87.5 cm³/mol. The molecule has 1 amide bonds. The highest BCUT2D eigenvalue weighted by Gasteiger charge is 2.30. The highest BCUT2D eigenvalue weighted by atomic mass is 19.4. The molecule has 0 spiro atoms. The van der Waals surface area contributed by atoms with Crippen molar-refractivity contribution >= 4 is 17.4 Å². The number of carbonyl (C=O) groups is 1. The standard InChI is InChI=1S/C17H17F3N4O/c18-17(19,20)12-4-6-13(7-5-12)23-16(25)14-10-22-15(11-21-14)24-8-2-1-3-9-24/h4-7,10-11H,1-3,8-9H2,(H,23,25). The third-order valence-corrected chi connectivity index (χ3v) is 4.02. The minimum Gasteiger partial charge on any atom is -0.355 e. The van der Waals surface area contributed by atoms with Gasteiger partial charge in [0.15, 0.2) is 0 Å². The van der Waals surface area contributed by atoms with Crippen molar-refractivity contribution in [3.8, 4) is 0 Å². The summed E-state index contributed by atoms with van der Waals surface area (Å²) >= 11 is 0. The van der Waals surface area contributed by atoms with Crippen LogP contribution in [0.4, 0.5) is 24.7 Å². The van der Waals surface area contributed by atoms with E-state index in [9.17, 15) is 18.0 Å². The smallest absolute Gasteiger partial charge is 0.355 e. The maximum atomic E-state index is 12.5. The number of hydrogen-bond donors (Lipinski definition) is 1. The number of anilines is 2. The van der Waals surface area contributed by atoms with E-state index in [0.29, 0.717) is 0 Å². The molecule has 0 atom stereocenters. The molecule has 25 heavy (non-hydrogen) atoms. The lowest BCUT2D eigenvalue weighted by atomic mass is 10.1. The number of nitrogens with one attached hydrogen (secondary N) is 1. The topological polar surface area (TPSA) is 58.1 Å². The molecule has 0 unspecified atom stereocenters. The summed E-state index contributed by atoms with van der Waals surface area (Å²) in [5.74, 6) is 0.211. The number of piperidine rings is 1. The largest absolute Gasteiger partial charge is 0.416 e. The van der Waals surface area contributed by atoms with Crippen LogP contribution in [-0.2, 0) is 6.18 Å². The van der Waals surface area contributed by atoms with Gasteiger partial charge in [-0.1, -0.05) is 0 Å². The van der Waals surface area contributed by atoms with E-state index < -0.39 is 17.6 Å². The van der Waals surface area contributed by atoms with Crippen molar-refractivity contribution < 1.29 is 18.0 Å². The van der Waals surface area contributed by atoms with Crippen LogP contribution in [0.3, 0.4) is 0 Å². The monoisotopic (exact) mass is 350 g/mol. The van der Waals surface area contributed by atoms with Gasteiger partial charge < -0.3 is 10.2 Å². The summed E-state index contributed by atoms with van der Waals surface area (Å²) in [6.07, 6.45) is 1.95. The molecule has 1 aromatic heterocycles. The van der Waals surface area contributed by atoms with E-state index >= 15 is 0 Å². The molecular formula is C17H17F3N4O. The fourth-order valence-electron chi connectivity index (χ4n) is 2.66. The van der Waals surface area contributed by atoms with E-state index in [2.05, 4.69) is 20.2 Å². The molecule has 3 rings (SSSR count). The average Bonchev–Trinajstić information content (AvgIpc) is 2.62. The van der Waals surface area contributed by atoms with E-state index in [1.165, 1.54) is 24.8 Å². The first-order valence-electron chi connectivity index (χ1n) is 7.99. The number of carbonyl (C=O) groups excluding carboxylic acids is 1. The van der Waals surface area contributed by atoms with Crippen molar-refractivity contribution in [1.82, 2.24) is 9.97 Å². The SMILES string of the molecule is O=C(Nc1ccc(C(F)(F)F)cc1)c1cnc(N2CCCCC2)cn1. The number of hydrogen-bond acceptors (Lipinski definition) is 4. The number of benzene rings is 1. The van der Waals surface area contributed by atoms with Crippen molar-refractivity contribution in [1.29, 1.82) is 0 Å². The summed E-state index contributed by atoms with van der Waals surface area (Å²) in [7, 11) is 0. The molecule has 132 valence electrons. The molecule has 0 aliphatic carbocycles. The molecule has 1 aromatic carbocycles. The molecule has 1 fully saturated rings. The van der Waals surface area contributed by atoms with Gasteiger partial charge in [0, 0.05) is 18.8 Å². The molecule has 5 nitrogen and oxygen atoms in total. The first-order chi connectivity index (χ1) is 11.9. The zero-order valence-electron chi connectivity index (χ0n) is 13.4. The van der Waals surface area contributed by atoms with Crippen molar-refractivity contribution in [3.05, 3.63) is 47.9 Å². The van der Waals surface area contributed by atoms with Crippen LogP contribution in [0.5, 0.6) is 0 Å². The first-order valence-corrected chi connectivity index (χ1v) is 7.99. The van der Waals surface area contributed by atoms with E-state index in [0.717, 1.165) is 43.9 Å². The zero-order chi connectivity index (χ0) is 17.9. The van der Waals surface area contributed by atoms with Crippen molar-refractivity contribution in [2.45, 2.75) is 25.4 Å². The lowest BCUT2D eigenvalue weighted by Crippen LogP contribution is -2.30. The Morgan fingerprint density at radius 3 is 2.24 bits per heavy atom. The van der Waals surface area contributed by atoms with Gasteiger partial charge in [0.25, 0.3) is 5.91 Å². The van der Waals surface area contributed by atoms with Crippen molar-refractivity contribution in [3.63, 3.8) is 0 Å². The van der Waals surface area contributed by atoms with Gasteiger partial charge in [-0.05, 0) is 43.5 Å². The fraction of sp³-hybridized carbons (Fsp3) is 0.353. The molecule has 0 radical (unpaired) electrons. The number of nitrogens with zero attached hydrogens (tertiary/aromatic N) is 3. The lowest BCUT2D eigenvalue weighted by Gasteiger charge is -2.27. The third-order valence-electron chi connectivity index (χ3n) is 4.02. The normalized spacial score (nSPS) is 15.1. The summed E-state index contributed by atoms with van der Waals surface area (Å²) in [5.41, 5.74) is -0.392. The molecule has 0 bridgehead atoms. The number of rotatable bonds is 3. The highest BCUT2D eigenvalue weighted by molar-refractivity contribution is 6.02. The lowest BCUT2D eigenvalue weighted by molar-refractivity contribution is -0.137. The van der Waals surface area contributed by atoms with Gasteiger partial charge in [0.2, 0.25) is 0 Å². The van der Waals surface area contributed by atoms with Gasteiger partial charge in [0.1, 0.15) is 11.5 Å². The Morgan fingerprint density at radius 1 is 1.00 bits per heavy atom. The van der Waals surface area contributed by atoms with Gasteiger partial charge in [-0.2, -0.15) is 13.2 Å². The molecule has 1 aliphatic heterocycles. The molecule has 1 saturated heterocycles. The Labute approximate surface area is 142 Å². The van der Waals surface area contributed by atoms with Crippen molar-refractivity contribution in [2.24, 2.45) is 0 Å². The van der Waals surface area contributed by atoms with Crippen LogP contribution in [0, 0.1) is 0 Å². The molecule has 8 heteroatoms. The minimum atomic E-state index is -4.40. The number of alkyl halides is 3. The van der Waals surface area contributed by atoms with Crippen LogP contribution in [0.1, 0.15) is 35.3 Å². The zero-order valence-corrected chi connectivity index (χ0v) is 13.4. The molecular weight excluding hydrogens is 333 g/mol. The summed E-state index contributed by atoms with van der Waals surface area (Å²) < 4.78 is 37.6. The summed E-state index contributed by atoms with van der Waals surface area (Å²) in [6.45, 7) is 1.84.